The van der Waals surface area contributed by atoms with Crippen LogP contribution in [0.5, 0.6) is 0 Å². The van der Waals surface area contributed by atoms with Gasteiger partial charge in [-0.15, -0.1) is 0 Å². The Balaban J connectivity index is 2.60. The Hall–Kier alpha value is -1.91. The molecule has 1 aromatic carbocycles. The Morgan fingerprint density at radius 3 is 2.50 bits per heavy atom. The molecule has 0 spiro atoms. The van der Waals surface area contributed by atoms with Crippen LogP contribution in [0, 0.1) is 11.8 Å². The third kappa shape index (κ3) is 1.22. The standard InChI is InChI=1S/C9H7F2N3/c10-6-3-1-2-4-8(6)14-9(11)7(12)5-13-14/h1-5H,12H2. The lowest BCUT2D eigenvalue weighted by molar-refractivity contribution is 0.523. The Bertz CT molecular complexity index is 465. The molecule has 0 amide bonds. The second-order valence-corrected chi connectivity index (χ2v) is 2.75. The molecule has 0 saturated heterocycles. The lowest BCUT2D eigenvalue weighted by Crippen LogP contribution is -2.02. The smallest absolute Gasteiger partial charge is 0.239 e. The van der Waals surface area contributed by atoms with Gasteiger partial charge in [-0.3, -0.25) is 0 Å². The predicted octanol–water partition coefficient (Wildman–Crippen LogP) is 1.73. The molecule has 1 heterocycles. The summed E-state index contributed by atoms with van der Waals surface area (Å²) >= 11 is 0. The van der Waals surface area contributed by atoms with Crippen molar-refractivity contribution >= 4 is 5.69 Å². The molecule has 3 nitrogen and oxygen atoms in total. The van der Waals surface area contributed by atoms with Gasteiger partial charge in [-0.1, -0.05) is 12.1 Å². The van der Waals surface area contributed by atoms with Crippen LogP contribution in [0.1, 0.15) is 0 Å². The second-order valence-electron chi connectivity index (χ2n) is 2.75. The molecule has 0 aliphatic rings. The topological polar surface area (TPSA) is 43.8 Å². The van der Waals surface area contributed by atoms with E-state index in [9.17, 15) is 8.78 Å². The zero-order valence-electron chi connectivity index (χ0n) is 7.11. The van der Waals surface area contributed by atoms with Crippen LogP contribution in [-0.2, 0) is 0 Å². The molecule has 2 N–H and O–H groups in total. The maximum Gasteiger partial charge on any atom is 0.239 e. The first kappa shape index (κ1) is 8.68. The van der Waals surface area contributed by atoms with E-state index in [0.29, 0.717) is 0 Å². The van der Waals surface area contributed by atoms with E-state index in [2.05, 4.69) is 5.10 Å². The van der Waals surface area contributed by atoms with Gasteiger partial charge in [0.1, 0.15) is 17.2 Å². The van der Waals surface area contributed by atoms with Crippen molar-refractivity contribution in [3.63, 3.8) is 0 Å². The van der Waals surface area contributed by atoms with E-state index in [1.807, 2.05) is 0 Å². The van der Waals surface area contributed by atoms with Crippen LogP contribution >= 0.6 is 0 Å². The van der Waals surface area contributed by atoms with Crippen molar-refractivity contribution in [1.29, 1.82) is 0 Å². The van der Waals surface area contributed by atoms with Gasteiger partial charge in [0.05, 0.1) is 6.20 Å². The van der Waals surface area contributed by atoms with Crippen molar-refractivity contribution < 1.29 is 8.78 Å². The van der Waals surface area contributed by atoms with Gasteiger partial charge in [0.15, 0.2) is 0 Å². The highest BCUT2D eigenvalue weighted by molar-refractivity contribution is 5.40. The Morgan fingerprint density at radius 1 is 1.21 bits per heavy atom. The quantitative estimate of drug-likeness (QED) is 0.753. The summed E-state index contributed by atoms with van der Waals surface area (Å²) < 4.78 is 27.3. The second kappa shape index (κ2) is 3.10. The molecule has 0 atom stereocenters. The average molecular weight is 195 g/mol. The Labute approximate surface area is 78.8 Å². The first-order chi connectivity index (χ1) is 6.70. The predicted molar refractivity (Wildman–Crippen MR) is 47.9 cm³/mol. The van der Waals surface area contributed by atoms with Gasteiger partial charge in [-0.2, -0.15) is 9.49 Å². The van der Waals surface area contributed by atoms with Gasteiger partial charge in [-0.05, 0) is 12.1 Å². The molecular formula is C9H7F2N3. The van der Waals surface area contributed by atoms with E-state index in [0.717, 1.165) is 10.9 Å². The molecule has 0 bridgehead atoms. The zero-order chi connectivity index (χ0) is 10.1. The van der Waals surface area contributed by atoms with Gasteiger partial charge in [0.2, 0.25) is 5.95 Å². The normalized spacial score (nSPS) is 10.4. The molecule has 0 unspecified atom stereocenters. The molecule has 0 aliphatic heterocycles. The third-order valence-corrected chi connectivity index (χ3v) is 1.82. The minimum Gasteiger partial charge on any atom is -0.394 e. The maximum absolute atomic E-state index is 13.2. The van der Waals surface area contributed by atoms with E-state index >= 15 is 0 Å². The number of benzene rings is 1. The molecule has 2 aromatic rings. The van der Waals surface area contributed by atoms with E-state index in [4.69, 9.17) is 5.73 Å². The summed E-state index contributed by atoms with van der Waals surface area (Å²) in [6, 6.07) is 5.76. The number of para-hydroxylation sites is 1. The monoisotopic (exact) mass is 195 g/mol. The minimum absolute atomic E-state index is 0.0432. The van der Waals surface area contributed by atoms with Crippen molar-refractivity contribution in [1.82, 2.24) is 9.78 Å². The van der Waals surface area contributed by atoms with E-state index in [-0.39, 0.29) is 11.4 Å². The van der Waals surface area contributed by atoms with Gasteiger partial charge in [0.25, 0.3) is 0 Å². The zero-order valence-corrected chi connectivity index (χ0v) is 7.11. The van der Waals surface area contributed by atoms with Gasteiger partial charge >= 0.3 is 0 Å². The highest BCUT2D eigenvalue weighted by Gasteiger charge is 2.11. The number of hydrogen-bond acceptors (Lipinski definition) is 2. The number of halogens is 2. The van der Waals surface area contributed by atoms with Gasteiger partial charge in [0, 0.05) is 0 Å². The summed E-state index contributed by atoms with van der Waals surface area (Å²) in [5.74, 6) is -1.30. The molecule has 2 rings (SSSR count). The largest absolute Gasteiger partial charge is 0.394 e. The fourth-order valence-corrected chi connectivity index (χ4v) is 1.14. The fourth-order valence-electron chi connectivity index (χ4n) is 1.14. The summed E-state index contributed by atoms with van der Waals surface area (Å²) in [6.07, 6.45) is 1.14. The molecule has 14 heavy (non-hydrogen) atoms. The molecule has 5 heteroatoms. The first-order valence-corrected chi connectivity index (χ1v) is 3.94. The number of aromatic nitrogens is 2. The van der Waals surface area contributed by atoms with Crippen LogP contribution in [0.15, 0.2) is 30.5 Å². The van der Waals surface area contributed by atoms with E-state index < -0.39 is 11.8 Å². The highest BCUT2D eigenvalue weighted by Crippen LogP contribution is 2.16. The van der Waals surface area contributed by atoms with E-state index in [1.165, 1.54) is 18.2 Å². The molecule has 0 aliphatic carbocycles. The van der Waals surface area contributed by atoms with Crippen molar-refractivity contribution in [3.8, 4) is 5.69 Å². The van der Waals surface area contributed by atoms with Crippen LogP contribution in [0.2, 0.25) is 0 Å². The summed E-state index contributed by atoms with van der Waals surface area (Å²) in [7, 11) is 0. The van der Waals surface area contributed by atoms with Crippen molar-refractivity contribution in [3.05, 3.63) is 42.2 Å². The van der Waals surface area contributed by atoms with Gasteiger partial charge < -0.3 is 5.73 Å². The van der Waals surface area contributed by atoms with Crippen LogP contribution in [0.3, 0.4) is 0 Å². The number of nitrogens with two attached hydrogens (primary N) is 1. The number of anilines is 1. The van der Waals surface area contributed by atoms with Crippen LogP contribution in [-0.4, -0.2) is 9.78 Å². The maximum atomic E-state index is 13.2. The van der Waals surface area contributed by atoms with Crippen LogP contribution < -0.4 is 5.73 Å². The van der Waals surface area contributed by atoms with Crippen molar-refractivity contribution in [2.24, 2.45) is 0 Å². The molecule has 72 valence electrons. The summed E-state index contributed by atoms with van der Waals surface area (Å²) in [5.41, 5.74) is 5.19. The number of rotatable bonds is 1. The fraction of sp³-hybridized carbons (Fsp3) is 0. The summed E-state index contributed by atoms with van der Waals surface area (Å²) in [4.78, 5) is 0. The van der Waals surface area contributed by atoms with Crippen molar-refractivity contribution in [2.75, 3.05) is 5.73 Å². The number of nitrogens with zero attached hydrogens (tertiary/aromatic N) is 2. The molecule has 1 aromatic heterocycles. The van der Waals surface area contributed by atoms with Crippen LogP contribution in [0.25, 0.3) is 5.69 Å². The van der Waals surface area contributed by atoms with Gasteiger partial charge in [-0.25, -0.2) is 9.07 Å². The summed E-state index contributed by atoms with van der Waals surface area (Å²) in [6.45, 7) is 0. The minimum atomic E-state index is -0.755. The highest BCUT2D eigenvalue weighted by atomic mass is 19.1. The van der Waals surface area contributed by atoms with Crippen molar-refractivity contribution in [2.45, 2.75) is 0 Å². The SMILES string of the molecule is Nc1cnn(-c2ccccc2F)c1F. The molecule has 0 fully saturated rings. The number of nitrogen functional groups attached to an aromatic ring is 1. The Morgan fingerprint density at radius 2 is 1.93 bits per heavy atom. The lowest BCUT2D eigenvalue weighted by Gasteiger charge is -2.02. The molecule has 0 saturated carbocycles. The first-order valence-electron chi connectivity index (χ1n) is 3.94. The summed E-state index contributed by atoms with van der Waals surface area (Å²) in [5, 5.41) is 3.62. The Kier molecular flexibility index (Phi) is 1.92. The van der Waals surface area contributed by atoms with Crippen LogP contribution in [0.4, 0.5) is 14.5 Å². The average Bonchev–Trinajstić information content (AvgIpc) is 2.49. The molecular weight excluding hydrogens is 188 g/mol. The van der Waals surface area contributed by atoms with E-state index in [1.54, 1.807) is 6.07 Å². The number of hydrogen-bond donors (Lipinski definition) is 1. The molecule has 0 radical (unpaired) electrons. The lowest BCUT2D eigenvalue weighted by atomic mass is 10.3. The third-order valence-electron chi connectivity index (χ3n) is 1.82.